The smallest absolute Gasteiger partial charge is 0.245 e. The molecule has 1 heterocycles. The standard InChI is InChI=1S/C29H42N4O7S/c1-21(2)19-33(41(37,38)24-10-11-25-26(15-24)40-20-39-25)29(36,16-23-8-6-5-7-9-23)12-13-31-27(34)14-22(3)17-32-28(35)18-30-4/h5-11,15,21-22,30,36H,12-14,16-20H2,1-4H3,(H,31,34)(H,32,35). The molecular formula is C29H42N4O7S. The topological polar surface area (TPSA) is 146 Å². The normalized spacial score (nSPS) is 15.0. The molecule has 0 saturated heterocycles. The van der Waals surface area contributed by atoms with E-state index in [1.807, 2.05) is 51.1 Å². The van der Waals surface area contributed by atoms with E-state index in [9.17, 15) is 23.1 Å². The minimum atomic E-state index is -4.20. The van der Waals surface area contributed by atoms with Gasteiger partial charge in [-0.3, -0.25) is 9.59 Å². The van der Waals surface area contributed by atoms with Gasteiger partial charge in [0.1, 0.15) is 5.72 Å². The van der Waals surface area contributed by atoms with Gasteiger partial charge in [0.25, 0.3) is 0 Å². The molecule has 11 nitrogen and oxygen atoms in total. The Balaban J connectivity index is 1.80. The Morgan fingerprint density at radius 3 is 2.41 bits per heavy atom. The van der Waals surface area contributed by atoms with Gasteiger partial charge in [-0.1, -0.05) is 51.1 Å². The van der Waals surface area contributed by atoms with Gasteiger partial charge in [-0.2, -0.15) is 4.31 Å². The molecule has 0 spiro atoms. The first-order valence-electron chi connectivity index (χ1n) is 13.8. The average Bonchev–Trinajstić information content (AvgIpc) is 3.39. The molecule has 226 valence electrons. The first-order chi connectivity index (χ1) is 19.4. The zero-order valence-corrected chi connectivity index (χ0v) is 25.0. The van der Waals surface area contributed by atoms with E-state index < -0.39 is 15.7 Å². The van der Waals surface area contributed by atoms with Crippen LogP contribution in [0.1, 0.15) is 39.2 Å². The highest BCUT2D eigenvalue weighted by Gasteiger charge is 2.43. The molecule has 2 atom stereocenters. The van der Waals surface area contributed by atoms with Crippen LogP contribution in [-0.4, -0.2) is 75.4 Å². The van der Waals surface area contributed by atoms with E-state index in [-0.39, 0.29) is 74.2 Å². The van der Waals surface area contributed by atoms with Gasteiger partial charge >= 0.3 is 0 Å². The number of benzene rings is 2. The van der Waals surface area contributed by atoms with Crippen molar-refractivity contribution in [1.82, 2.24) is 20.3 Å². The number of carbonyl (C=O) groups excluding carboxylic acids is 2. The summed E-state index contributed by atoms with van der Waals surface area (Å²) in [6.45, 7) is 6.26. The van der Waals surface area contributed by atoms with Crippen LogP contribution in [0.5, 0.6) is 11.5 Å². The number of carbonyl (C=O) groups is 2. The third-order valence-corrected chi connectivity index (χ3v) is 8.54. The number of likely N-dealkylation sites (N-methyl/N-ethyl adjacent to an activating group) is 1. The number of sulfonamides is 1. The molecule has 0 aromatic heterocycles. The van der Waals surface area contributed by atoms with Gasteiger partial charge in [-0.05, 0) is 36.6 Å². The number of amides is 2. The molecule has 2 aromatic rings. The Bertz CT molecular complexity index is 1270. The predicted molar refractivity (Wildman–Crippen MR) is 155 cm³/mol. The van der Waals surface area contributed by atoms with Gasteiger partial charge in [-0.15, -0.1) is 0 Å². The monoisotopic (exact) mass is 590 g/mol. The van der Waals surface area contributed by atoms with Gasteiger partial charge in [0, 0.05) is 45.0 Å². The zero-order chi connectivity index (χ0) is 30.0. The summed E-state index contributed by atoms with van der Waals surface area (Å²) < 4.78 is 40.0. The fraction of sp³-hybridized carbons (Fsp3) is 0.517. The van der Waals surface area contributed by atoms with Crippen LogP contribution in [0.25, 0.3) is 0 Å². The first-order valence-corrected chi connectivity index (χ1v) is 15.3. The maximum absolute atomic E-state index is 14.1. The molecule has 2 unspecified atom stereocenters. The average molecular weight is 591 g/mol. The predicted octanol–water partition coefficient (Wildman–Crippen LogP) is 1.86. The Labute approximate surface area is 242 Å². The second-order valence-electron chi connectivity index (χ2n) is 10.8. The summed E-state index contributed by atoms with van der Waals surface area (Å²) in [6, 6.07) is 13.6. The van der Waals surface area contributed by atoms with Crippen molar-refractivity contribution in [2.24, 2.45) is 11.8 Å². The van der Waals surface area contributed by atoms with Crippen LogP contribution in [0.3, 0.4) is 0 Å². The fourth-order valence-corrected chi connectivity index (χ4v) is 6.43. The number of aliphatic hydroxyl groups is 1. The van der Waals surface area contributed by atoms with Gasteiger partial charge in [0.2, 0.25) is 28.6 Å². The van der Waals surface area contributed by atoms with Crippen LogP contribution in [0.4, 0.5) is 0 Å². The highest BCUT2D eigenvalue weighted by molar-refractivity contribution is 7.89. The minimum absolute atomic E-state index is 0.00706. The Hall–Kier alpha value is -3.19. The summed E-state index contributed by atoms with van der Waals surface area (Å²) in [5.74, 6) is 0.164. The molecule has 3 rings (SSSR count). The summed E-state index contributed by atoms with van der Waals surface area (Å²) in [5, 5.41) is 20.5. The van der Waals surface area contributed by atoms with Crippen molar-refractivity contribution in [2.75, 3.05) is 40.0 Å². The van der Waals surface area contributed by atoms with Crippen molar-refractivity contribution in [1.29, 1.82) is 0 Å². The SMILES string of the molecule is CNCC(=O)NCC(C)CC(=O)NCCC(O)(Cc1ccccc1)N(CC(C)C)S(=O)(=O)c1ccc2c(c1)OCO2. The highest BCUT2D eigenvalue weighted by Crippen LogP contribution is 2.37. The van der Waals surface area contributed by atoms with Gasteiger partial charge < -0.3 is 30.5 Å². The number of fused-ring (bicyclic) bond motifs is 1. The summed E-state index contributed by atoms with van der Waals surface area (Å²) in [5.41, 5.74) is -1.09. The lowest BCUT2D eigenvalue weighted by atomic mass is 9.98. The van der Waals surface area contributed by atoms with Crippen molar-refractivity contribution in [2.45, 2.75) is 50.7 Å². The second kappa shape index (κ2) is 14.6. The van der Waals surface area contributed by atoms with Crippen LogP contribution in [0.2, 0.25) is 0 Å². The molecule has 1 aliphatic heterocycles. The lowest BCUT2D eigenvalue weighted by Gasteiger charge is -2.40. The van der Waals surface area contributed by atoms with Crippen molar-refractivity contribution < 1.29 is 32.6 Å². The molecule has 2 amide bonds. The number of nitrogens with one attached hydrogen (secondary N) is 3. The fourth-order valence-electron chi connectivity index (χ4n) is 4.59. The van der Waals surface area contributed by atoms with Crippen molar-refractivity contribution in [3.05, 3.63) is 54.1 Å². The van der Waals surface area contributed by atoms with Crippen LogP contribution in [0, 0.1) is 11.8 Å². The number of hydrogen-bond donors (Lipinski definition) is 4. The number of ether oxygens (including phenoxy) is 2. The van der Waals surface area contributed by atoms with E-state index in [2.05, 4.69) is 16.0 Å². The van der Waals surface area contributed by atoms with Crippen molar-refractivity contribution in [3.8, 4) is 11.5 Å². The summed E-state index contributed by atoms with van der Waals surface area (Å²) in [7, 11) is -2.52. The summed E-state index contributed by atoms with van der Waals surface area (Å²) in [6.07, 6.45) is 0.147. The molecule has 12 heteroatoms. The Morgan fingerprint density at radius 2 is 1.73 bits per heavy atom. The molecule has 1 aliphatic rings. The molecular weight excluding hydrogens is 548 g/mol. The largest absolute Gasteiger partial charge is 0.454 e. The lowest BCUT2D eigenvalue weighted by Crippen LogP contribution is -2.55. The highest BCUT2D eigenvalue weighted by atomic mass is 32.2. The van der Waals surface area contributed by atoms with Gasteiger partial charge in [0.05, 0.1) is 11.4 Å². The molecule has 0 fully saturated rings. The van der Waals surface area contributed by atoms with E-state index in [0.717, 1.165) is 9.87 Å². The summed E-state index contributed by atoms with van der Waals surface area (Å²) in [4.78, 5) is 24.3. The third kappa shape index (κ3) is 9.15. The van der Waals surface area contributed by atoms with E-state index in [0.29, 0.717) is 18.0 Å². The lowest BCUT2D eigenvalue weighted by molar-refractivity contribution is -0.124. The van der Waals surface area contributed by atoms with Crippen LogP contribution < -0.4 is 25.4 Å². The third-order valence-electron chi connectivity index (χ3n) is 6.62. The van der Waals surface area contributed by atoms with E-state index in [1.165, 1.54) is 12.1 Å². The molecule has 0 radical (unpaired) electrons. The van der Waals surface area contributed by atoms with E-state index in [4.69, 9.17) is 9.47 Å². The van der Waals surface area contributed by atoms with Crippen molar-refractivity contribution >= 4 is 21.8 Å². The minimum Gasteiger partial charge on any atom is -0.454 e. The number of rotatable bonds is 16. The summed E-state index contributed by atoms with van der Waals surface area (Å²) >= 11 is 0. The maximum atomic E-state index is 14.1. The molecule has 2 aromatic carbocycles. The zero-order valence-electron chi connectivity index (χ0n) is 24.2. The van der Waals surface area contributed by atoms with Crippen LogP contribution >= 0.6 is 0 Å². The quantitative estimate of drug-likeness (QED) is 0.217. The Kier molecular flexibility index (Phi) is 11.5. The molecule has 0 bridgehead atoms. The van der Waals surface area contributed by atoms with E-state index >= 15 is 0 Å². The molecule has 41 heavy (non-hydrogen) atoms. The van der Waals surface area contributed by atoms with Crippen molar-refractivity contribution in [3.63, 3.8) is 0 Å². The van der Waals surface area contributed by atoms with Gasteiger partial charge in [-0.25, -0.2) is 8.42 Å². The molecule has 0 saturated carbocycles. The Morgan fingerprint density at radius 1 is 1.02 bits per heavy atom. The van der Waals surface area contributed by atoms with Gasteiger partial charge in [0.15, 0.2) is 11.5 Å². The van der Waals surface area contributed by atoms with E-state index in [1.54, 1.807) is 13.1 Å². The maximum Gasteiger partial charge on any atom is 0.245 e. The number of hydrogen-bond acceptors (Lipinski definition) is 8. The van der Waals surface area contributed by atoms with Crippen LogP contribution in [0.15, 0.2) is 53.4 Å². The first kappa shape index (κ1) is 32.3. The molecule has 0 aliphatic carbocycles. The number of nitrogens with zero attached hydrogens (tertiary/aromatic N) is 1. The van der Waals surface area contributed by atoms with Crippen LogP contribution in [-0.2, 0) is 26.0 Å². The second-order valence-corrected chi connectivity index (χ2v) is 12.7. The molecule has 4 N–H and O–H groups in total.